The van der Waals surface area contributed by atoms with E-state index in [9.17, 15) is 9.59 Å². The fourth-order valence-corrected chi connectivity index (χ4v) is 2.38. The molecule has 1 aliphatic heterocycles. The molecule has 20 heavy (non-hydrogen) atoms. The number of esters is 1. The van der Waals surface area contributed by atoms with E-state index < -0.39 is 5.97 Å². The third kappa shape index (κ3) is 3.15. The number of ether oxygens (including phenoxy) is 1. The number of nitriles is 1. The molecule has 0 aliphatic carbocycles. The van der Waals surface area contributed by atoms with Crippen molar-refractivity contribution in [2.45, 2.75) is 18.8 Å². The summed E-state index contributed by atoms with van der Waals surface area (Å²) in [7, 11) is 1.32. The van der Waals surface area contributed by atoms with E-state index in [2.05, 4.69) is 10.8 Å². The third-order valence-electron chi connectivity index (χ3n) is 3.58. The lowest BCUT2D eigenvalue weighted by atomic mass is 9.88. The van der Waals surface area contributed by atoms with Gasteiger partial charge in [-0.3, -0.25) is 9.59 Å². The zero-order chi connectivity index (χ0) is 14.5. The van der Waals surface area contributed by atoms with Crippen LogP contribution in [0.1, 0.15) is 29.9 Å². The molecule has 0 aromatic heterocycles. The largest absolute Gasteiger partial charge is 0.468 e. The molecule has 5 heteroatoms. The number of nitrogens with zero attached hydrogens (tertiary/aromatic N) is 2. The highest BCUT2D eigenvalue weighted by Crippen LogP contribution is 2.28. The minimum atomic E-state index is -0.393. The monoisotopic (exact) mass is 272 g/mol. The van der Waals surface area contributed by atoms with Gasteiger partial charge in [-0.1, -0.05) is 12.1 Å². The van der Waals surface area contributed by atoms with Gasteiger partial charge in [0.1, 0.15) is 6.54 Å². The molecule has 5 nitrogen and oxygen atoms in total. The van der Waals surface area contributed by atoms with Gasteiger partial charge >= 0.3 is 5.97 Å². The quantitative estimate of drug-likeness (QED) is 0.781. The van der Waals surface area contributed by atoms with Crippen molar-refractivity contribution in [1.29, 1.82) is 5.26 Å². The molecule has 1 amide bonds. The fourth-order valence-electron chi connectivity index (χ4n) is 2.38. The Morgan fingerprint density at radius 1 is 1.45 bits per heavy atom. The van der Waals surface area contributed by atoms with Gasteiger partial charge in [-0.25, -0.2) is 0 Å². The van der Waals surface area contributed by atoms with Crippen molar-refractivity contribution in [2.75, 3.05) is 20.2 Å². The maximum absolute atomic E-state index is 12.0. The number of carbonyl (C=O) groups excluding carboxylic acids is 2. The van der Waals surface area contributed by atoms with Crippen LogP contribution in [0.2, 0.25) is 0 Å². The second kappa shape index (κ2) is 6.20. The van der Waals surface area contributed by atoms with Gasteiger partial charge in [0.25, 0.3) is 0 Å². The second-order valence-electron chi connectivity index (χ2n) is 4.81. The van der Waals surface area contributed by atoms with Crippen LogP contribution in [-0.4, -0.2) is 37.0 Å². The topological polar surface area (TPSA) is 70.4 Å². The van der Waals surface area contributed by atoms with Crippen LogP contribution in [0.3, 0.4) is 0 Å². The lowest BCUT2D eigenvalue weighted by Gasteiger charge is -2.31. The zero-order valence-electron chi connectivity index (χ0n) is 11.3. The van der Waals surface area contributed by atoms with Gasteiger partial charge < -0.3 is 9.64 Å². The molecule has 1 atom stereocenters. The first-order valence-electron chi connectivity index (χ1n) is 6.48. The molecule has 1 saturated heterocycles. The summed E-state index contributed by atoms with van der Waals surface area (Å²) in [5.74, 6) is -0.268. The van der Waals surface area contributed by atoms with Gasteiger partial charge in [0.2, 0.25) is 5.91 Å². The number of rotatable bonds is 3. The molecule has 1 heterocycles. The van der Waals surface area contributed by atoms with Crippen molar-refractivity contribution < 1.29 is 14.3 Å². The Hall–Kier alpha value is -2.35. The first kappa shape index (κ1) is 14.1. The van der Waals surface area contributed by atoms with Crippen LogP contribution in [-0.2, 0) is 14.3 Å². The standard InChI is InChI=1S/C15H16N2O3/c1-20-15(19)10-17-7-6-13(8-14(17)18)12-4-2-11(9-16)3-5-12/h2-5,13H,6-8,10H2,1H3/t13-/m0/s1. The van der Waals surface area contributed by atoms with Crippen molar-refractivity contribution in [1.82, 2.24) is 4.90 Å². The van der Waals surface area contributed by atoms with Gasteiger partial charge in [-0.05, 0) is 30.0 Å². The lowest BCUT2D eigenvalue weighted by Crippen LogP contribution is -2.41. The molecule has 0 unspecified atom stereocenters. The van der Waals surface area contributed by atoms with E-state index in [0.29, 0.717) is 18.5 Å². The molecule has 0 radical (unpaired) electrons. The van der Waals surface area contributed by atoms with E-state index in [1.165, 1.54) is 12.0 Å². The Kier molecular flexibility index (Phi) is 4.36. The van der Waals surface area contributed by atoms with Crippen molar-refractivity contribution in [2.24, 2.45) is 0 Å². The summed E-state index contributed by atoms with van der Waals surface area (Å²) in [4.78, 5) is 24.8. The Bertz CT molecular complexity index is 545. The summed E-state index contributed by atoms with van der Waals surface area (Å²) in [5, 5.41) is 8.77. The normalized spacial score (nSPS) is 18.5. The number of hydrogen-bond acceptors (Lipinski definition) is 4. The van der Waals surface area contributed by atoms with E-state index in [4.69, 9.17) is 5.26 Å². The van der Waals surface area contributed by atoms with Crippen molar-refractivity contribution in [3.05, 3.63) is 35.4 Å². The molecule has 1 aromatic carbocycles. The van der Waals surface area contributed by atoms with Crippen LogP contribution in [0.25, 0.3) is 0 Å². The number of methoxy groups -OCH3 is 1. The third-order valence-corrected chi connectivity index (χ3v) is 3.58. The van der Waals surface area contributed by atoms with Crippen LogP contribution in [0.15, 0.2) is 24.3 Å². The Labute approximate surface area is 117 Å². The fraction of sp³-hybridized carbons (Fsp3) is 0.400. The minimum absolute atomic E-state index is 0.0232. The maximum atomic E-state index is 12.0. The highest BCUT2D eigenvalue weighted by Gasteiger charge is 2.28. The number of benzene rings is 1. The molecule has 104 valence electrons. The predicted octanol–water partition coefficient (Wildman–Crippen LogP) is 1.44. The van der Waals surface area contributed by atoms with E-state index in [1.807, 2.05) is 12.1 Å². The van der Waals surface area contributed by atoms with Crippen LogP contribution in [0.5, 0.6) is 0 Å². The Morgan fingerprint density at radius 2 is 2.15 bits per heavy atom. The van der Waals surface area contributed by atoms with Gasteiger partial charge in [0.15, 0.2) is 0 Å². The number of piperidine rings is 1. The van der Waals surface area contributed by atoms with Gasteiger partial charge in [0.05, 0.1) is 18.7 Å². The van der Waals surface area contributed by atoms with E-state index >= 15 is 0 Å². The summed E-state index contributed by atoms with van der Waals surface area (Å²) in [5.41, 5.74) is 1.68. The molecule has 0 N–H and O–H groups in total. The minimum Gasteiger partial charge on any atom is -0.468 e. The number of amides is 1. The highest BCUT2D eigenvalue weighted by molar-refractivity contribution is 5.83. The summed E-state index contributed by atoms with van der Waals surface area (Å²) in [6.07, 6.45) is 1.21. The smallest absolute Gasteiger partial charge is 0.325 e. The van der Waals surface area contributed by atoms with Gasteiger partial charge in [-0.2, -0.15) is 5.26 Å². The van der Waals surface area contributed by atoms with Gasteiger partial charge in [-0.15, -0.1) is 0 Å². The second-order valence-corrected chi connectivity index (χ2v) is 4.81. The molecule has 0 spiro atoms. The van der Waals surface area contributed by atoms with E-state index in [1.54, 1.807) is 12.1 Å². The van der Waals surface area contributed by atoms with Crippen LogP contribution >= 0.6 is 0 Å². The number of hydrogen-bond donors (Lipinski definition) is 0. The van der Waals surface area contributed by atoms with Crippen molar-refractivity contribution in [3.63, 3.8) is 0 Å². The molecule has 0 saturated carbocycles. The molecule has 2 rings (SSSR count). The van der Waals surface area contributed by atoms with E-state index in [0.717, 1.165) is 12.0 Å². The predicted molar refractivity (Wildman–Crippen MR) is 71.7 cm³/mol. The van der Waals surface area contributed by atoms with Crippen molar-refractivity contribution in [3.8, 4) is 6.07 Å². The lowest BCUT2D eigenvalue weighted by molar-refractivity contribution is -0.148. The van der Waals surface area contributed by atoms with Crippen LogP contribution < -0.4 is 0 Å². The van der Waals surface area contributed by atoms with Crippen LogP contribution in [0, 0.1) is 11.3 Å². The first-order valence-corrected chi connectivity index (χ1v) is 6.48. The summed E-state index contributed by atoms with van der Waals surface area (Å²) < 4.78 is 4.57. The zero-order valence-corrected chi connectivity index (χ0v) is 11.3. The van der Waals surface area contributed by atoms with E-state index in [-0.39, 0.29) is 18.4 Å². The number of carbonyl (C=O) groups is 2. The maximum Gasteiger partial charge on any atom is 0.325 e. The summed E-state index contributed by atoms with van der Waals surface area (Å²) in [6.45, 7) is 0.577. The summed E-state index contributed by atoms with van der Waals surface area (Å²) >= 11 is 0. The average Bonchev–Trinajstić information content (AvgIpc) is 2.49. The molecule has 1 aromatic rings. The highest BCUT2D eigenvalue weighted by atomic mass is 16.5. The van der Waals surface area contributed by atoms with Crippen LogP contribution in [0.4, 0.5) is 0 Å². The molecule has 1 aliphatic rings. The Balaban J connectivity index is 1.99. The van der Waals surface area contributed by atoms with Crippen molar-refractivity contribution >= 4 is 11.9 Å². The molecular weight excluding hydrogens is 256 g/mol. The molecule has 0 bridgehead atoms. The summed E-state index contributed by atoms with van der Waals surface area (Å²) in [6, 6.07) is 9.39. The van der Waals surface area contributed by atoms with Gasteiger partial charge in [0, 0.05) is 13.0 Å². The SMILES string of the molecule is COC(=O)CN1CC[C@H](c2ccc(C#N)cc2)CC1=O. The first-order chi connectivity index (χ1) is 9.63. The molecular formula is C15H16N2O3. The number of likely N-dealkylation sites (tertiary alicyclic amines) is 1. The molecule has 1 fully saturated rings. The average molecular weight is 272 g/mol. The Morgan fingerprint density at radius 3 is 2.70 bits per heavy atom.